The van der Waals surface area contributed by atoms with Crippen LogP contribution in [-0.4, -0.2) is 38.8 Å². The largest absolute Gasteiger partial charge is 0.493 e. The van der Waals surface area contributed by atoms with Crippen molar-refractivity contribution in [1.29, 1.82) is 0 Å². The van der Waals surface area contributed by atoms with Gasteiger partial charge >= 0.3 is 0 Å². The molecule has 2 aromatic rings. The van der Waals surface area contributed by atoms with Crippen LogP contribution in [0, 0.1) is 0 Å². The number of amides is 1. The van der Waals surface area contributed by atoms with Gasteiger partial charge in [0.25, 0.3) is 0 Å². The fourth-order valence-corrected chi connectivity index (χ4v) is 3.19. The first-order valence-electron chi connectivity index (χ1n) is 9.22. The number of anilines is 1. The summed E-state index contributed by atoms with van der Waals surface area (Å²) in [7, 11) is 0. The van der Waals surface area contributed by atoms with Gasteiger partial charge in [0.2, 0.25) is 5.91 Å². The zero-order valence-electron chi connectivity index (χ0n) is 15.5. The Kier molecular flexibility index (Phi) is 6.96. The average Bonchev–Trinajstić information content (AvgIpc) is 2.69. The summed E-state index contributed by atoms with van der Waals surface area (Å²) in [6, 6.07) is 15.4. The highest BCUT2D eigenvalue weighted by Crippen LogP contribution is 2.20. The first kappa shape index (κ1) is 19.5. The van der Waals surface area contributed by atoms with Gasteiger partial charge in [-0.2, -0.15) is 0 Å². The Balaban J connectivity index is 1.44. The number of rotatable bonds is 7. The number of hydrogen-bond donors (Lipinski definition) is 1. The number of ether oxygens (including phenoxy) is 2. The summed E-state index contributed by atoms with van der Waals surface area (Å²) in [6.07, 6.45) is 0.294. The fourth-order valence-electron chi connectivity index (χ4n) is 3.01. The smallest absolute Gasteiger partial charge is 0.223 e. The topological polar surface area (TPSA) is 50.8 Å². The van der Waals surface area contributed by atoms with Crippen LogP contribution < -0.4 is 15.0 Å². The molecule has 6 heteroatoms. The van der Waals surface area contributed by atoms with Crippen LogP contribution in [0.2, 0.25) is 5.02 Å². The van der Waals surface area contributed by atoms with Crippen molar-refractivity contribution >= 4 is 23.2 Å². The van der Waals surface area contributed by atoms with E-state index in [1.807, 2.05) is 19.1 Å². The molecular formula is C21H25ClN2O3. The van der Waals surface area contributed by atoms with Crippen molar-refractivity contribution in [3.8, 4) is 5.75 Å². The van der Waals surface area contributed by atoms with E-state index in [2.05, 4.69) is 34.5 Å². The zero-order valence-corrected chi connectivity index (χ0v) is 16.2. The van der Waals surface area contributed by atoms with Crippen molar-refractivity contribution in [3.05, 3.63) is 59.1 Å². The lowest BCUT2D eigenvalue weighted by atomic mass is 10.1. The number of carbonyl (C=O) groups excluding carboxylic acids is 1. The van der Waals surface area contributed by atoms with Crippen LogP contribution >= 0.6 is 11.6 Å². The lowest BCUT2D eigenvalue weighted by Crippen LogP contribution is -2.36. The third kappa shape index (κ3) is 5.88. The van der Waals surface area contributed by atoms with Crippen LogP contribution in [0.1, 0.15) is 24.9 Å². The third-order valence-corrected chi connectivity index (χ3v) is 4.78. The van der Waals surface area contributed by atoms with E-state index in [4.69, 9.17) is 21.1 Å². The minimum atomic E-state index is -0.0533. The maximum absolute atomic E-state index is 12.2. The van der Waals surface area contributed by atoms with Gasteiger partial charge in [-0.3, -0.25) is 4.79 Å². The summed E-state index contributed by atoms with van der Waals surface area (Å²) in [5, 5.41) is 3.63. The molecule has 1 unspecified atom stereocenters. The maximum atomic E-state index is 12.2. The van der Waals surface area contributed by atoms with Gasteiger partial charge in [0.05, 0.1) is 32.3 Å². The molecule has 144 valence electrons. The molecule has 1 aliphatic rings. The number of hydrogen-bond acceptors (Lipinski definition) is 4. The Bertz CT molecular complexity index is 745. The molecule has 0 spiro atoms. The number of carbonyl (C=O) groups is 1. The second-order valence-corrected chi connectivity index (χ2v) is 6.97. The Morgan fingerprint density at radius 1 is 1.22 bits per heavy atom. The van der Waals surface area contributed by atoms with E-state index in [-0.39, 0.29) is 11.9 Å². The van der Waals surface area contributed by atoms with Crippen molar-refractivity contribution in [2.45, 2.75) is 19.4 Å². The summed E-state index contributed by atoms with van der Waals surface area (Å²) in [5.41, 5.74) is 2.27. The SMILES string of the molecule is CC(NC(=O)CCOc1cccc(Cl)c1)c1ccc(N2CCOCC2)cc1. The quantitative estimate of drug-likeness (QED) is 0.783. The lowest BCUT2D eigenvalue weighted by molar-refractivity contribution is -0.122. The van der Waals surface area contributed by atoms with Gasteiger partial charge in [-0.05, 0) is 42.8 Å². The number of nitrogens with zero attached hydrogens (tertiary/aromatic N) is 1. The van der Waals surface area contributed by atoms with E-state index in [0.29, 0.717) is 23.8 Å². The highest BCUT2D eigenvalue weighted by atomic mass is 35.5. The summed E-state index contributed by atoms with van der Waals surface area (Å²) in [6.45, 7) is 5.67. The van der Waals surface area contributed by atoms with Gasteiger partial charge in [-0.15, -0.1) is 0 Å². The van der Waals surface area contributed by atoms with Crippen LogP contribution in [-0.2, 0) is 9.53 Å². The van der Waals surface area contributed by atoms with Crippen LogP contribution in [0.25, 0.3) is 0 Å². The van der Waals surface area contributed by atoms with Gasteiger partial charge < -0.3 is 19.7 Å². The first-order chi connectivity index (χ1) is 13.1. The van der Waals surface area contributed by atoms with E-state index in [1.165, 1.54) is 5.69 Å². The fraction of sp³-hybridized carbons (Fsp3) is 0.381. The molecule has 0 aromatic heterocycles. The van der Waals surface area contributed by atoms with Crippen molar-refractivity contribution < 1.29 is 14.3 Å². The number of halogens is 1. The highest BCUT2D eigenvalue weighted by molar-refractivity contribution is 6.30. The molecule has 2 aromatic carbocycles. The summed E-state index contributed by atoms with van der Waals surface area (Å²) in [4.78, 5) is 14.5. The van der Waals surface area contributed by atoms with E-state index in [1.54, 1.807) is 12.1 Å². The van der Waals surface area contributed by atoms with Crippen LogP contribution in [0.4, 0.5) is 5.69 Å². The number of morpholine rings is 1. The number of nitrogens with one attached hydrogen (secondary N) is 1. The van der Waals surface area contributed by atoms with Gasteiger partial charge in [0.15, 0.2) is 0 Å². The summed E-state index contributed by atoms with van der Waals surface area (Å²) in [5.74, 6) is 0.629. The maximum Gasteiger partial charge on any atom is 0.223 e. The van der Waals surface area contributed by atoms with Crippen molar-refractivity contribution in [2.24, 2.45) is 0 Å². The lowest BCUT2D eigenvalue weighted by Gasteiger charge is -2.29. The molecule has 1 fully saturated rings. The monoisotopic (exact) mass is 388 g/mol. The Morgan fingerprint density at radius 2 is 1.96 bits per heavy atom. The molecule has 1 amide bonds. The van der Waals surface area contributed by atoms with Crippen LogP contribution in [0.5, 0.6) is 5.75 Å². The molecule has 0 aliphatic carbocycles. The molecule has 1 atom stereocenters. The Hall–Kier alpha value is -2.24. The summed E-state index contributed by atoms with van der Waals surface area (Å²) >= 11 is 5.92. The van der Waals surface area contributed by atoms with E-state index >= 15 is 0 Å². The molecule has 0 bridgehead atoms. The van der Waals surface area contributed by atoms with Crippen LogP contribution in [0.15, 0.2) is 48.5 Å². The van der Waals surface area contributed by atoms with Crippen molar-refractivity contribution in [2.75, 3.05) is 37.8 Å². The molecule has 27 heavy (non-hydrogen) atoms. The van der Waals surface area contributed by atoms with E-state index in [0.717, 1.165) is 31.9 Å². The zero-order chi connectivity index (χ0) is 19.1. The minimum absolute atomic E-state index is 0.0400. The predicted octanol–water partition coefficient (Wildman–Crippen LogP) is 3.82. The van der Waals surface area contributed by atoms with Gasteiger partial charge in [-0.1, -0.05) is 29.8 Å². The van der Waals surface area contributed by atoms with Crippen LogP contribution in [0.3, 0.4) is 0 Å². The molecule has 1 aliphatic heterocycles. The second-order valence-electron chi connectivity index (χ2n) is 6.54. The molecule has 1 saturated heterocycles. The minimum Gasteiger partial charge on any atom is -0.493 e. The van der Waals surface area contributed by atoms with Gasteiger partial charge in [-0.25, -0.2) is 0 Å². The highest BCUT2D eigenvalue weighted by Gasteiger charge is 2.13. The molecule has 1 heterocycles. The standard InChI is InChI=1S/C21H25ClN2O3/c1-16(17-5-7-19(8-6-17)24-10-13-26-14-11-24)23-21(25)9-12-27-20-4-2-3-18(22)15-20/h2-8,15-16H,9-14H2,1H3,(H,23,25). The predicted molar refractivity (Wildman–Crippen MR) is 108 cm³/mol. The van der Waals surface area contributed by atoms with Crippen molar-refractivity contribution in [1.82, 2.24) is 5.32 Å². The molecular weight excluding hydrogens is 364 g/mol. The molecule has 0 saturated carbocycles. The number of benzene rings is 2. The average molecular weight is 389 g/mol. The second kappa shape index (κ2) is 9.62. The molecule has 1 N–H and O–H groups in total. The van der Waals surface area contributed by atoms with Crippen molar-refractivity contribution in [3.63, 3.8) is 0 Å². The molecule has 5 nitrogen and oxygen atoms in total. The summed E-state index contributed by atoms with van der Waals surface area (Å²) < 4.78 is 11.0. The third-order valence-electron chi connectivity index (χ3n) is 4.54. The van der Waals surface area contributed by atoms with E-state index < -0.39 is 0 Å². The first-order valence-corrected chi connectivity index (χ1v) is 9.60. The Labute approximate surface area is 165 Å². The van der Waals surface area contributed by atoms with Gasteiger partial charge in [0, 0.05) is 23.8 Å². The molecule has 0 radical (unpaired) electrons. The molecule has 3 rings (SSSR count). The Morgan fingerprint density at radius 3 is 2.67 bits per heavy atom. The van der Waals surface area contributed by atoms with Gasteiger partial charge in [0.1, 0.15) is 5.75 Å². The normalized spacial score (nSPS) is 15.3. The van der Waals surface area contributed by atoms with E-state index in [9.17, 15) is 4.79 Å².